The highest BCUT2D eigenvalue weighted by molar-refractivity contribution is 8.01. The van der Waals surface area contributed by atoms with Gasteiger partial charge < -0.3 is 0 Å². The Morgan fingerprint density at radius 3 is 2.58 bits per heavy atom. The molecule has 1 aliphatic rings. The topological polar surface area (TPSA) is 30.7 Å². The van der Waals surface area contributed by atoms with Crippen LogP contribution in [0.2, 0.25) is 0 Å². The summed E-state index contributed by atoms with van der Waals surface area (Å²) >= 11 is 3.15. The van der Waals surface area contributed by atoms with E-state index in [4.69, 9.17) is 4.98 Å². The van der Waals surface area contributed by atoms with E-state index in [9.17, 15) is 17.6 Å². The van der Waals surface area contributed by atoms with Crippen LogP contribution in [0, 0.1) is 25.6 Å². The number of thioether (sulfide) groups is 1. The molecule has 0 saturated heterocycles. The lowest BCUT2D eigenvalue weighted by molar-refractivity contribution is -0.175. The van der Waals surface area contributed by atoms with Crippen LogP contribution in [0.3, 0.4) is 0 Å². The summed E-state index contributed by atoms with van der Waals surface area (Å²) in [7, 11) is 0. The van der Waals surface area contributed by atoms with E-state index in [1.807, 2.05) is 19.9 Å². The van der Waals surface area contributed by atoms with Crippen molar-refractivity contribution < 1.29 is 17.6 Å². The molecule has 0 radical (unpaired) electrons. The Balaban J connectivity index is 1.74. The summed E-state index contributed by atoms with van der Waals surface area (Å²) in [5.41, 5.74) is 4.83. The van der Waals surface area contributed by atoms with Crippen molar-refractivity contribution >= 4 is 28.7 Å². The zero-order chi connectivity index (χ0) is 23.9. The van der Waals surface area contributed by atoms with Crippen molar-refractivity contribution in [3.8, 4) is 16.3 Å². The van der Waals surface area contributed by atoms with Gasteiger partial charge in [0.1, 0.15) is 5.82 Å². The molecule has 0 N–H and O–H groups in total. The summed E-state index contributed by atoms with van der Waals surface area (Å²) in [4.78, 5) is 4.85. The van der Waals surface area contributed by atoms with Crippen molar-refractivity contribution in [2.45, 2.75) is 62.6 Å². The van der Waals surface area contributed by atoms with E-state index in [1.54, 1.807) is 28.6 Å². The van der Waals surface area contributed by atoms with Crippen molar-refractivity contribution in [1.82, 2.24) is 14.8 Å². The third kappa shape index (κ3) is 5.04. The minimum atomic E-state index is -4.16. The molecule has 176 valence electrons. The van der Waals surface area contributed by atoms with Crippen molar-refractivity contribution in [3.05, 3.63) is 53.2 Å². The van der Waals surface area contributed by atoms with Gasteiger partial charge in [0.05, 0.1) is 27.2 Å². The van der Waals surface area contributed by atoms with Crippen LogP contribution in [0.4, 0.5) is 17.6 Å². The molecule has 1 unspecified atom stereocenters. The van der Waals surface area contributed by atoms with Gasteiger partial charge in [-0.2, -0.15) is 18.3 Å². The SMILES string of the molecule is Cc1nn(-c2nc(C3=CCC(C(F)(F)F)CC3)c(SC(C)C)s2)c(C)c1-c1cccc(F)c1. The zero-order valence-electron chi connectivity index (χ0n) is 18.8. The number of hydrogen-bond donors (Lipinski definition) is 0. The van der Waals surface area contributed by atoms with Crippen LogP contribution in [0.25, 0.3) is 21.8 Å². The summed E-state index contributed by atoms with van der Waals surface area (Å²) in [5, 5.41) is 5.64. The van der Waals surface area contributed by atoms with Crippen molar-refractivity contribution in [1.29, 1.82) is 0 Å². The predicted molar refractivity (Wildman–Crippen MR) is 126 cm³/mol. The van der Waals surface area contributed by atoms with Gasteiger partial charge in [0.15, 0.2) is 0 Å². The Hall–Kier alpha value is -2.13. The number of alkyl halides is 3. The summed E-state index contributed by atoms with van der Waals surface area (Å²) in [6.45, 7) is 7.95. The Morgan fingerprint density at radius 2 is 1.97 bits per heavy atom. The molecule has 9 heteroatoms. The third-order valence-electron chi connectivity index (χ3n) is 5.69. The normalized spacial score (nSPS) is 17.0. The number of benzene rings is 1. The molecule has 1 atom stereocenters. The van der Waals surface area contributed by atoms with E-state index in [-0.39, 0.29) is 18.7 Å². The van der Waals surface area contributed by atoms with E-state index in [0.717, 1.165) is 38.0 Å². The summed E-state index contributed by atoms with van der Waals surface area (Å²) in [6.07, 6.45) is -2.05. The molecule has 4 rings (SSSR count). The van der Waals surface area contributed by atoms with Crippen LogP contribution >= 0.6 is 23.1 Å². The van der Waals surface area contributed by atoms with E-state index in [0.29, 0.717) is 16.8 Å². The second-order valence-electron chi connectivity index (χ2n) is 8.51. The molecule has 0 amide bonds. The largest absolute Gasteiger partial charge is 0.392 e. The van der Waals surface area contributed by atoms with Gasteiger partial charge in [0.2, 0.25) is 5.13 Å². The van der Waals surface area contributed by atoms with Crippen LogP contribution in [0.1, 0.15) is 50.2 Å². The minimum Gasteiger partial charge on any atom is -0.217 e. The smallest absolute Gasteiger partial charge is 0.217 e. The lowest BCUT2D eigenvalue weighted by Gasteiger charge is -2.23. The Labute approximate surface area is 198 Å². The molecule has 33 heavy (non-hydrogen) atoms. The maximum Gasteiger partial charge on any atom is 0.392 e. The average molecular weight is 496 g/mol. The van der Waals surface area contributed by atoms with Gasteiger partial charge >= 0.3 is 6.18 Å². The van der Waals surface area contributed by atoms with Crippen LogP contribution < -0.4 is 0 Å². The first-order chi connectivity index (χ1) is 15.5. The number of halogens is 4. The fraction of sp³-hybridized carbons (Fsp3) is 0.417. The summed E-state index contributed by atoms with van der Waals surface area (Å²) in [6, 6.07) is 6.41. The predicted octanol–water partition coefficient (Wildman–Crippen LogP) is 8.00. The van der Waals surface area contributed by atoms with Gasteiger partial charge in [-0.3, -0.25) is 0 Å². The molecule has 3 nitrogen and oxygen atoms in total. The van der Waals surface area contributed by atoms with E-state index >= 15 is 0 Å². The molecule has 2 aromatic heterocycles. The average Bonchev–Trinajstić information content (AvgIpc) is 3.27. The quantitative estimate of drug-likeness (QED) is 0.265. The Bertz CT molecular complexity index is 1190. The van der Waals surface area contributed by atoms with Gasteiger partial charge in [-0.05, 0) is 56.4 Å². The monoisotopic (exact) mass is 495 g/mol. The molecular weight excluding hydrogens is 470 g/mol. The molecule has 0 spiro atoms. The highest BCUT2D eigenvalue weighted by atomic mass is 32.2. The fourth-order valence-electron chi connectivity index (χ4n) is 4.12. The first-order valence-corrected chi connectivity index (χ1v) is 12.5. The molecule has 2 heterocycles. The maximum absolute atomic E-state index is 13.8. The molecular formula is C24H25F4N3S2. The number of aromatic nitrogens is 3. The lowest BCUT2D eigenvalue weighted by Crippen LogP contribution is -2.24. The second-order valence-corrected chi connectivity index (χ2v) is 11.3. The van der Waals surface area contributed by atoms with Crippen LogP contribution in [-0.4, -0.2) is 26.2 Å². The van der Waals surface area contributed by atoms with Gasteiger partial charge in [0.25, 0.3) is 0 Å². The van der Waals surface area contributed by atoms with Crippen molar-refractivity contribution in [2.24, 2.45) is 5.92 Å². The number of aryl methyl sites for hydroxylation is 1. The molecule has 0 saturated carbocycles. The van der Waals surface area contributed by atoms with E-state index in [2.05, 4.69) is 18.9 Å². The molecule has 1 aromatic carbocycles. The maximum atomic E-state index is 13.8. The molecule has 0 bridgehead atoms. The first kappa shape index (κ1) is 24.0. The standard InChI is InChI=1S/C24H25F4N3S2/c1-13(2)32-22-21(16-8-10-18(11-9-16)24(26,27)28)29-23(33-22)31-15(4)20(14(3)30-31)17-6-5-7-19(25)12-17/h5-8,12-13,18H,9-11H2,1-4H3. The Morgan fingerprint density at radius 1 is 1.21 bits per heavy atom. The number of thiazole rings is 1. The highest BCUT2D eigenvalue weighted by Gasteiger charge is 2.40. The zero-order valence-corrected chi connectivity index (χ0v) is 20.5. The van der Waals surface area contributed by atoms with Gasteiger partial charge in [-0.1, -0.05) is 43.4 Å². The fourth-order valence-corrected chi connectivity index (χ4v) is 6.67. The second kappa shape index (κ2) is 9.25. The minimum absolute atomic E-state index is 0.0128. The molecule has 1 aliphatic carbocycles. The number of rotatable bonds is 5. The van der Waals surface area contributed by atoms with Crippen molar-refractivity contribution in [2.75, 3.05) is 0 Å². The number of nitrogens with zero attached hydrogens (tertiary/aromatic N) is 3. The molecule has 0 aliphatic heterocycles. The van der Waals surface area contributed by atoms with Gasteiger partial charge in [0, 0.05) is 10.8 Å². The summed E-state index contributed by atoms with van der Waals surface area (Å²) < 4.78 is 55.9. The Kier molecular flexibility index (Phi) is 6.73. The highest BCUT2D eigenvalue weighted by Crippen LogP contribution is 2.44. The summed E-state index contributed by atoms with van der Waals surface area (Å²) in [5.74, 6) is -1.60. The van der Waals surface area contributed by atoms with Crippen LogP contribution in [-0.2, 0) is 0 Å². The third-order valence-corrected chi connectivity index (χ3v) is 7.93. The first-order valence-electron chi connectivity index (χ1n) is 10.8. The molecule has 3 aromatic rings. The van der Waals surface area contributed by atoms with Gasteiger partial charge in [-0.25, -0.2) is 14.1 Å². The van der Waals surface area contributed by atoms with E-state index in [1.165, 1.54) is 23.5 Å². The van der Waals surface area contributed by atoms with Gasteiger partial charge in [-0.15, -0.1) is 11.8 Å². The van der Waals surface area contributed by atoms with Crippen LogP contribution in [0.15, 0.2) is 34.6 Å². The number of allylic oxidation sites excluding steroid dienone is 2. The van der Waals surface area contributed by atoms with Crippen molar-refractivity contribution in [3.63, 3.8) is 0 Å². The molecule has 0 fully saturated rings. The number of hydrogen-bond acceptors (Lipinski definition) is 4. The van der Waals surface area contributed by atoms with E-state index < -0.39 is 12.1 Å². The van der Waals surface area contributed by atoms with Crippen LogP contribution in [0.5, 0.6) is 0 Å². The lowest BCUT2D eigenvalue weighted by atomic mass is 9.88.